The Bertz CT molecular complexity index is 861. The number of piperazine rings is 1. The zero-order valence-corrected chi connectivity index (χ0v) is 16.9. The number of carbonyl (C=O) groups is 2. The first-order chi connectivity index (χ1) is 14.6. The highest BCUT2D eigenvalue weighted by atomic mass is 19.1. The number of ether oxygens (including phenoxy) is 1. The van der Waals surface area contributed by atoms with Crippen LogP contribution in [0.25, 0.3) is 0 Å². The minimum Gasteiger partial charge on any atom is -0.449 e. The fraction of sp³-hybridized carbons (Fsp3) is 0.391. The summed E-state index contributed by atoms with van der Waals surface area (Å²) < 4.78 is 18.2. The first-order valence-electron chi connectivity index (χ1n) is 10.3. The molecular formula is C23H26FN3O3. The van der Waals surface area contributed by atoms with Gasteiger partial charge in [0.1, 0.15) is 5.82 Å². The molecule has 0 bridgehead atoms. The lowest BCUT2D eigenvalue weighted by molar-refractivity contribution is 0.00304. The van der Waals surface area contributed by atoms with Crippen LogP contribution >= 0.6 is 0 Å². The van der Waals surface area contributed by atoms with E-state index in [0.29, 0.717) is 38.6 Å². The van der Waals surface area contributed by atoms with Gasteiger partial charge < -0.3 is 14.5 Å². The molecule has 2 aliphatic heterocycles. The van der Waals surface area contributed by atoms with E-state index in [2.05, 4.69) is 4.90 Å². The summed E-state index contributed by atoms with van der Waals surface area (Å²) in [5, 5.41) is 0. The lowest BCUT2D eigenvalue weighted by Gasteiger charge is -2.47. The molecular weight excluding hydrogens is 385 g/mol. The third kappa shape index (κ3) is 4.79. The van der Waals surface area contributed by atoms with Crippen LogP contribution in [0.2, 0.25) is 0 Å². The Morgan fingerprint density at radius 3 is 2.23 bits per heavy atom. The molecule has 0 saturated carbocycles. The van der Waals surface area contributed by atoms with Crippen LogP contribution in [0.1, 0.15) is 15.9 Å². The SMILES string of the molecule is O=C(OCCc1ccc(F)cc1)N1CC(N2CCN(C(=O)c3ccccc3)CC2)C1. The Labute approximate surface area is 175 Å². The van der Waals surface area contributed by atoms with Crippen molar-refractivity contribution in [2.45, 2.75) is 12.5 Å². The van der Waals surface area contributed by atoms with Gasteiger partial charge in [-0.25, -0.2) is 9.18 Å². The standard InChI is InChI=1S/C23H26FN3O3/c24-20-8-6-18(7-9-20)10-15-30-23(29)27-16-21(17-27)25-11-13-26(14-12-25)22(28)19-4-2-1-3-5-19/h1-9,21H,10-17H2. The Kier molecular flexibility index (Phi) is 6.28. The van der Waals surface area contributed by atoms with E-state index in [-0.39, 0.29) is 24.4 Å². The van der Waals surface area contributed by atoms with Crippen molar-refractivity contribution in [3.05, 3.63) is 71.5 Å². The van der Waals surface area contributed by atoms with E-state index in [1.54, 1.807) is 17.0 Å². The quantitative estimate of drug-likeness (QED) is 0.759. The van der Waals surface area contributed by atoms with E-state index in [1.807, 2.05) is 35.2 Å². The first-order valence-corrected chi connectivity index (χ1v) is 10.3. The van der Waals surface area contributed by atoms with Crippen molar-refractivity contribution in [3.8, 4) is 0 Å². The molecule has 4 rings (SSSR count). The highest BCUT2D eigenvalue weighted by Gasteiger charge is 2.37. The molecule has 6 nitrogen and oxygen atoms in total. The van der Waals surface area contributed by atoms with Gasteiger partial charge in [-0.05, 0) is 29.8 Å². The van der Waals surface area contributed by atoms with Gasteiger partial charge >= 0.3 is 6.09 Å². The smallest absolute Gasteiger partial charge is 0.409 e. The van der Waals surface area contributed by atoms with Gasteiger partial charge in [-0.1, -0.05) is 30.3 Å². The number of amides is 2. The Morgan fingerprint density at radius 1 is 0.900 bits per heavy atom. The molecule has 2 fully saturated rings. The molecule has 7 heteroatoms. The van der Waals surface area contributed by atoms with E-state index in [4.69, 9.17) is 4.74 Å². The molecule has 0 unspecified atom stereocenters. The number of likely N-dealkylation sites (tertiary alicyclic amines) is 1. The summed E-state index contributed by atoms with van der Waals surface area (Å²) in [5.41, 5.74) is 1.66. The van der Waals surface area contributed by atoms with Crippen molar-refractivity contribution < 1.29 is 18.7 Å². The molecule has 2 amide bonds. The summed E-state index contributed by atoms with van der Waals surface area (Å²) in [6.45, 7) is 4.63. The summed E-state index contributed by atoms with van der Waals surface area (Å²) >= 11 is 0. The normalized spacial score (nSPS) is 17.5. The van der Waals surface area contributed by atoms with Gasteiger partial charge in [0, 0.05) is 57.3 Å². The number of rotatable bonds is 5. The molecule has 0 N–H and O–H groups in total. The third-order valence-corrected chi connectivity index (χ3v) is 5.79. The molecule has 2 aliphatic rings. The third-order valence-electron chi connectivity index (χ3n) is 5.79. The molecule has 30 heavy (non-hydrogen) atoms. The number of carbonyl (C=O) groups excluding carboxylic acids is 2. The van der Waals surface area contributed by atoms with Gasteiger partial charge in [0.05, 0.1) is 6.61 Å². The topological polar surface area (TPSA) is 53.1 Å². The number of nitrogens with zero attached hydrogens (tertiary/aromatic N) is 3. The fourth-order valence-corrected chi connectivity index (χ4v) is 3.89. The van der Waals surface area contributed by atoms with Crippen LogP contribution in [0.5, 0.6) is 0 Å². The molecule has 0 aliphatic carbocycles. The summed E-state index contributed by atoms with van der Waals surface area (Å²) in [5.74, 6) is -0.192. The van der Waals surface area contributed by atoms with Crippen LogP contribution in [0.15, 0.2) is 54.6 Å². The zero-order chi connectivity index (χ0) is 20.9. The molecule has 2 aromatic carbocycles. The van der Waals surface area contributed by atoms with Gasteiger partial charge in [-0.3, -0.25) is 9.69 Å². The highest BCUT2D eigenvalue weighted by Crippen LogP contribution is 2.19. The van der Waals surface area contributed by atoms with Gasteiger partial charge in [0.25, 0.3) is 5.91 Å². The van der Waals surface area contributed by atoms with Crippen LogP contribution in [-0.4, -0.2) is 78.6 Å². The Hall–Kier alpha value is -2.93. The predicted octanol–water partition coefficient (Wildman–Crippen LogP) is 2.65. The van der Waals surface area contributed by atoms with Crippen molar-refractivity contribution in [3.63, 3.8) is 0 Å². The maximum Gasteiger partial charge on any atom is 0.409 e. The van der Waals surface area contributed by atoms with E-state index in [9.17, 15) is 14.0 Å². The number of benzene rings is 2. The predicted molar refractivity (Wildman–Crippen MR) is 111 cm³/mol. The monoisotopic (exact) mass is 411 g/mol. The second kappa shape index (κ2) is 9.26. The van der Waals surface area contributed by atoms with Crippen LogP contribution in [0.4, 0.5) is 9.18 Å². The lowest BCUT2D eigenvalue weighted by atomic mass is 10.1. The van der Waals surface area contributed by atoms with Crippen molar-refractivity contribution in [1.82, 2.24) is 14.7 Å². The molecule has 2 saturated heterocycles. The van der Waals surface area contributed by atoms with E-state index < -0.39 is 0 Å². The van der Waals surface area contributed by atoms with Crippen LogP contribution in [-0.2, 0) is 11.2 Å². The summed E-state index contributed by atoms with van der Waals surface area (Å²) in [4.78, 5) is 30.7. The molecule has 0 spiro atoms. The zero-order valence-electron chi connectivity index (χ0n) is 16.9. The summed E-state index contributed by atoms with van der Waals surface area (Å²) in [6.07, 6.45) is 0.270. The van der Waals surface area contributed by atoms with Crippen LogP contribution in [0, 0.1) is 5.82 Å². The average Bonchev–Trinajstić information content (AvgIpc) is 2.75. The minimum absolute atomic E-state index is 0.0789. The molecule has 2 aromatic rings. The van der Waals surface area contributed by atoms with Gasteiger partial charge in [-0.2, -0.15) is 0 Å². The second-order valence-corrected chi connectivity index (χ2v) is 7.74. The average molecular weight is 411 g/mol. The lowest BCUT2D eigenvalue weighted by Crippen LogP contribution is -2.64. The van der Waals surface area contributed by atoms with E-state index in [0.717, 1.165) is 24.2 Å². The molecule has 2 heterocycles. The number of hydrogen-bond donors (Lipinski definition) is 0. The number of halogens is 1. The van der Waals surface area contributed by atoms with E-state index in [1.165, 1.54) is 12.1 Å². The number of hydrogen-bond acceptors (Lipinski definition) is 4. The first kappa shape index (κ1) is 20.3. The minimum atomic E-state index is -0.300. The maximum atomic E-state index is 12.9. The van der Waals surface area contributed by atoms with Crippen molar-refractivity contribution in [2.24, 2.45) is 0 Å². The van der Waals surface area contributed by atoms with Crippen molar-refractivity contribution >= 4 is 12.0 Å². The Balaban J connectivity index is 1.15. The maximum absolute atomic E-state index is 12.9. The molecule has 0 atom stereocenters. The summed E-state index contributed by atoms with van der Waals surface area (Å²) in [7, 11) is 0. The van der Waals surface area contributed by atoms with Crippen LogP contribution < -0.4 is 0 Å². The van der Waals surface area contributed by atoms with Crippen molar-refractivity contribution in [2.75, 3.05) is 45.9 Å². The van der Waals surface area contributed by atoms with Gasteiger partial charge in [0.15, 0.2) is 0 Å². The van der Waals surface area contributed by atoms with E-state index >= 15 is 0 Å². The Morgan fingerprint density at radius 2 is 1.57 bits per heavy atom. The second-order valence-electron chi connectivity index (χ2n) is 7.74. The molecule has 0 radical (unpaired) electrons. The molecule has 0 aromatic heterocycles. The van der Waals surface area contributed by atoms with Crippen LogP contribution in [0.3, 0.4) is 0 Å². The highest BCUT2D eigenvalue weighted by molar-refractivity contribution is 5.94. The summed E-state index contributed by atoms with van der Waals surface area (Å²) in [6, 6.07) is 15.9. The fourth-order valence-electron chi connectivity index (χ4n) is 3.89. The van der Waals surface area contributed by atoms with Gasteiger partial charge in [-0.15, -0.1) is 0 Å². The largest absolute Gasteiger partial charge is 0.449 e. The van der Waals surface area contributed by atoms with Crippen molar-refractivity contribution in [1.29, 1.82) is 0 Å². The van der Waals surface area contributed by atoms with Gasteiger partial charge in [0.2, 0.25) is 0 Å². The molecule has 158 valence electrons.